The van der Waals surface area contributed by atoms with Crippen molar-refractivity contribution in [2.75, 3.05) is 113 Å². The number of ketones is 4. The minimum atomic E-state index is -3.75. The first-order valence-corrected chi connectivity index (χ1v) is 44.0. The summed E-state index contributed by atoms with van der Waals surface area (Å²) in [6, 6.07) is -1.12. The first-order chi connectivity index (χ1) is 55.2. The van der Waals surface area contributed by atoms with Gasteiger partial charge < -0.3 is 111 Å². The molecule has 0 aromatic carbocycles. The van der Waals surface area contributed by atoms with Gasteiger partial charge in [0.05, 0.1) is 70.4 Å². The van der Waals surface area contributed by atoms with E-state index in [1.54, 1.807) is 27.9 Å². The van der Waals surface area contributed by atoms with Crippen molar-refractivity contribution in [3.63, 3.8) is 0 Å². The summed E-state index contributed by atoms with van der Waals surface area (Å²) in [7, 11) is -0.929. The van der Waals surface area contributed by atoms with Crippen molar-refractivity contribution in [3.05, 3.63) is 0 Å². The number of rotatable bonds is 67. The van der Waals surface area contributed by atoms with Crippen molar-refractivity contribution in [2.45, 2.75) is 333 Å². The van der Waals surface area contributed by atoms with E-state index < -0.39 is 168 Å². The fourth-order valence-electron chi connectivity index (χ4n) is 13.2. The molecule has 3 saturated heterocycles. The van der Waals surface area contributed by atoms with E-state index in [9.17, 15) is 88.9 Å². The summed E-state index contributed by atoms with van der Waals surface area (Å²) in [4.78, 5) is 117. The minimum Gasteiger partial charge on any atom is -0.394 e. The van der Waals surface area contributed by atoms with E-state index in [-0.39, 0.29) is 74.9 Å². The first-order valence-electron chi connectivity index (χ1n) is 42.5. The molecule has 0 bridgehead atoms. The van der Waals surface area contributed by atoms with Gasteiger partial charge in [0.15, 0.2) is 18.9 Å². The van der Waals surface area contributed by atoms with Crippen LogP contribution >= 0.6 is 7.82 Å². The van der Waals surface area contributed by atoms with E-state index in [4.69, 9.17) is 43.8 Å². The number of aliphatic hydroxyl groups is 9. The van der Waals surface area contributed by atoms with Crippen molar-refractivity contribution in [1.82, 2.24) is 26.2 Å². The Balaban J connectivity index is 0.00000398. The standard InChI is InChI=1S/C71H127N5O24.C7H18NO4P.C2H6/c1-48-62(87)65(90)56(45-77)98-69(48)95-39-22-11-7-18-35-72-59(84)33-31-53(82)43-76(44-54(83)32-34-60(85)73-36-19-8-12-23-40-96-70-49(2)63(88)66(91)57(46-78)99-70)55(30-17-14-16-27-52(81)29-25-28-51(80)26-15-6-5-10-21-38-94-4)68(93)75-42-61(86)74-37-20-9-13-24-41-97-71-50(3)64(89)67(92)58(47-79)100-71;1-11-13(9,10)12-7-5-3-2-4-6-8;1-2/h48-50,55-58,62-67,69-71,77-79,87-92H,5-47H2,1-4H3,(H,72,84)(H,73,85)(H,74,86)(H,75,93);2-8H2,1H3,(H,9,10);1-2H3/t48?,49?,50?,55?,56?,57?,58?,62-,63-,64-,65+,66+,67+,69-,70-,71-;;/m1../s1. The van der Waals surface area contributed by atoms with Crippen LogP contribution in [0.4, 0.5) is 0 Å². The fourth-order valence-corrected chi connectivity index (χ4v) is 13.6. The maximum absolute atomic E-state index is 14.4. The van der Waals surface area contributed by atoms with Crippen molar-refractivity contribution in [2.24, 2.45) is 23.5 Å². The van der Waals surface area contributed by atoms with Crippen LogP contribution in [0.25, 0.3) is 0 Å². The Morgan fingerprint density at radius 1 is 0.409 bits per heavy atom. The topological polar surface area (TPSA) is 516 Å². The molecular weight excluding hydrogens is 1520 g/mol. The molecule has 17 atom stereocenters. The zero-order valence-corrected chi connectivity index (χ0v) is 71.1. The van der Waals surface area contributed by atoms with Crippen molar-refractivity contribution in [1.29, 1.82) is 0 Å². The molecule has 4 amide bonds. The Hall–Kier alpha value is -4.05. The normalized spacial score (nSPS) is 24.1. The number of carbonyl (C=O) groups excluding carboxylic acids is 8. The lowest BCUT2D eigenvalue weighted by atomic mass is 9.92. The zero-order chi connectivity index (χ0) is 85.8. The summed E-state index contributed by atoms with van der Waals surface area (Å²) in [6.45, 7) is 9.98. The zero-order valence-electron chi connectivity index (χ0n) is 70.2. The molecule has 3 heterocycles. The van der Waals surface area contributed by atoms with Crippen molar-refractivity contribution in [3.8, 4) is 0 Å². The highest BCUT2D eigenvalue weighted by atomic mass is 31.2. The van der Waals surface area contributed by atoms with Crippen LogP contribution in [0.15, 0.2) is 0 Å². The van der Waals surface area contributed by atoms with Gasteiger partial charge in [-0.25, -0.2) is 4.57 Å². The molecule has 115 heavy (non-hydrogen) atoms. The molecule has 0 spiro atoms. The molecule has 674 valence electrons. The van der Waals surface area contributed by atoms with E-state index in [1.165, 1.54) is 4.90 Å². The average Bonchev–Trinajstić information content (AvgIpc) is 0.831. The summed E-state index contributed by atoms with van der Waals surface area (Å²) in [5.41, 5.74) is 5.30. The number of nitrogens with two attached hydrogens (primary N) is 1. The molecule has 8 unspecified atom stereocenters. The van der Waals surface area contributed by atoms with Crippen LogP contribution < -0.4 is 27.0 Å². The smallest absolute Gasteiger partial charge is 0.394 e. The molecule has 0 aliphatic carbocycles. The number of unbranched alkanes of at least 4 members (excludes halogenated alkanes) is 18. The van der Waals surface area contributed by atoms with Gasteiger partial charge in [-0.2, -0.15) is 0 Å². The second-order valence-electron chi connectivity index (χ2n) is 30.0. The van der Waals surface area contributed by atoms with Crippen LogP contribution in [0.5, 0.6) is 0 Å². The van der Waals surface area contributed by atoms with Gasteiger partial charge in [0, 0.05) is 129 Å². The Morgan fingerprint density at radius 3 is 1.13 bits per heavy atom. The number of carbonyl (C=O) groups is 8. The molecule has 34 nitrogen and oxygen atoms in total. The second-order valence-corrected chi connectivity index (χ2v) is 31.6. The number of phosphoric acid groups is 1. The van der Waals surface area contributed by atoms with E-state index in [1.807, 2.05) is 13.8 Å². The van der Waals surface area contributed by atoms with Crippen LogP contribution in [-0.4, -0.2) is 295 Å². The quantitative estimate of drug-likeness (QED) is 0.0298. The van der Waals surface area contributed by atoms with E-state index in [2.05, 4.69) is 30.3 Å². The van der Waals surface area contributed by atoms with Gasteiger partial charge in [0.2, 0.25) is 23.6 Å². The van der Waals surface area contributed by atoms with Crippen LogP contribution in [0.2, 0.25) is 0 Å². The predicted molar refractivity (Wildman–Crippen MR) is 428 cm³/mol. The Bertz CT molecular complexity index is 2540. The lowest BCUT2D eigenvalue weighted by molar-refractivity contribution is -0.282. The van der Waals surface area contributed by atoms with Gasteiger partial charge in [-0.15, -0.1) is 0 Å². The van der Waals surface area contributed by atoms with Crippen LogP contribution in [0.1, 0.15) is 253 Å². The van der Waals surface area contributed by atoms with Crippen LogP contribution in [0.3, 0.4) is 0 Å². The van der Waals surface area contributed by atoms with E-state index in [0.717, 1.165) is 110 Å². The number of aliphatic hydroxyl groups excluding tert-OH is 9. The summed E-state index contributed by atoms with van der Waals surface area (Å²) >= 11 is 0. The lowest BCUT2D eigenvalue weighted by Gasteiger charge is -2.40. The lowest BCUT2D eigenvalue weighted by Crippen LogP contribution is -2.55. The predicted octanol–water partition coefficient (Wildman–Crippen LogP) is 4.32. The molecule has 0 saturated carbocycles. The molecule has 3 rings (SSSR count). The molecule has 3 aliphatic rings. The number of methoxy groups -OCH3 is 1. The third kappa shape index (κ3) is 49.5. The minimum absolute atomic E-state index is 0.0169. The van der Waals surface area contributed by atoms with Crippen molar-refractivity contribution < 1.29 is 136 Å². The highest BCUT2D eigenvalue weighted by Crippen LogP contribution is 2.42. The average molecular weight is 1680 g/mol. The summed E-state index contributed by atoms with van der Waals surface area (Å²) in [6.07, 6.45) is 7.10. The monoisotopic (exact) mass is 1680 g/mol. The number of hydrogen-bond acceptors (Lipinski definition) is 29. The van der Waals surface area contributed by atoms with Gasteiger partial charge in [0.1, 0.15) is 59.8 Å². The molecule has 3 fully saturated rings. The van der Waals surface area contributed by atoms with Gasteiger partial charge >= 0.3 is 7.82 Å². The van der Waals surface area contributed by atoms with Crippen molar-refractivity contribution >= 4 is 54.6 Å². The molecule has 16 N–H and O–H groups in total. The molecule has 0 aromatic rings. The second kappa shape index (κ2) is 67.6. The maximum Gasteiger partial charge on any atom is 0.471 e. The van der Waals surface area contributed by atoms with E-state index in [0.29, 0.717) is 123 Å². The van der Waals surface area contributed by atoms with Crippen LogP contribution in [0, 0.1) is 17.8 Å². The number of Topliss-reactive ketones (excluding diaryl/α,β-unsaturated/α-hetero) is 4. The molecule has 35 heteroatoms. The molecule has 3 aliphatic heterocycles. The Morgan fingerprint density at radius 2 is 0.748 bits per heavy atom. The number of amides is 4. The fraction of sp³-hybridized carbons (Fsp3) is 0.900. The van der Waals surface area contributed by atoms with Gasteiger partial charge in [0.25, 0.3) is 0 Å². The third-order valence-electron chi connectivity index (χ3n) is 20.5. The van der Waals surface area contributed by atoms with E-state index >= 15 is 0 Å². The number of nitrogens with zero attached hydrogens (tertiary/aromatic N) is 1. The Labute approximate surface area is 683 Å². The molecule has 0 aromatic heterocycles. The number of nitrogens with one attached hydrogen (secondary N) is 4. The highest BCUT2D eigenvalue weighted by Gasteiger charge is 2.45. The highest BCUT2D eigenvalue weighted by molar-refractivity contribution is 7.47. The summed E-state index contributed by atoms with van der Waals surface area (Å²) in [5, 5.41) is 101. The van der Waals surface area contributed by atoms with Gasteiger partial charge in [-0.1, -0.05) is 118 Å². The van der Waals surface area contributed by atoms with Gasteiger partial charge in [-0.3, -0.25) is 52.3 Å². The summed E-state index contributed by atoms with van der Waals surface area (Å²) < 4.78 is 59.0. The summed E-state index contributed by atoms with van der Waals surface area (Å²) in [5.74, 6) is -4.10. The molecule has 0 radical (unpaired) electrons. The number of hydrogen-bond donors (Lipinski definition) is 15. The third-order valence-corrected chi connectivity index (χ3v) is 21.5. The Kier molecular flexibility index (Phi) is 64.0. The largest absolute Gasteiger partial charge is 0.471 e. The first kappa shape index (κ1) is 109. The number of ether oxygens (including phenoxy) is 7. The van der Waals surface area contributed by atoms with Crippen LogP contribution in [-0.2, 0) is 85.1 Å². The maximum atomic E-state index is 14.4. The van der Waals surface area contributed by atoms with Gasteiger partial charge in [-0.05, 0) is 90.0 Å². The number of phosphoric ester groups is 1. The SMILES string of the molecule is CC.COCCCCCCCC(=O)CCCC(=O)CCCCCC(C(=O)NCC(=O)NCCCCCCO[C@@H]1OC(CO)[C@H](O)[C@H](O)C1C)N(CC(=O)CCC(=O)NCCCCCCO[C@@H]1OC(CO)[C@H](O)[C@H](O)C1C)CC(=O)CCC(=O)NCCCCCCO[C@@H]1OC(CO)[C@H](O)[C@H](O)C1C.COP(=O)(O)OCCCCCCN. The molecular formula is C80H151N6O28P.